The predicted octanol–water partition coefficient (Wildman–Crippen LogP) is -0.363. The molecular weight excluding hydrogens is 338 g/mol. The fourth-order valence-electron chi connectivity index (χ4n) is 2.73. The Morgan fingerprint density at radius 3 is 2.46 bits per heavy atom. The smallest absolute Gasteiger partial charge is 0.320 e. The Morgan fingerprint density at radius 2 is 1.85 bits per heavy atom. The minimum absolute atomic E-state index is 0.000897. The maximum Gasteiger partial charge on any atom is 0.320 e. The fourth-order valence-corrected chi connectivity index (χ4v) is 2.73. The summed E-state index contributed by atoms with van der Waals surface area (Å²) < 4.78 is 10.0. The molecule has 9 heteroatoms. The highest BCUT2D eigenvalue weighted by molar-refractivity contribution is 5.79. The van der Waals surface area contributed by atoms with Gasteiger partial charge >= 0.3 is 5.97 Å². The van der Waals surface area contributed by atoms with Crippen molar-refractivity contribution in [2.75, 3.05) is 71.0 Å². The highest BCUT2D eigenvalue weighted by Crippen LogP contribution is 2.10. The van der Waals surface area contributed by atoms with Gasteiger partial charge in [0.15, 0.2) is 0 Å². The van der Waals surface area contributed by atoms with Crippen LogP contribution in [0.25, 0.3) is 0 Å². The van der Waals surface area contributed by atoms with Gasteiger partial charge in [-0.3, -0.25) is 14.5 Å². The number of esters is 1. The van der Waals surface area contributed by atoms with Crippen molar-refractivity contribution in [3.8, 4) is 0 Å². The number of ether oxygens (including phenoxy) is 2. The largest absolute Gasteiger partial charge is 0.465 e. The Balaban J connectivity index is 1.84. The van der Waals surface area contributed by atoms with Gasteiger partial charge in [0, 0.05) is 52.2 Å². The third kappa shape index (κ3) is 6.23. The van der Waals surface area contributed by atoms with Crippen molar-refractivity contribution in [3.63, 3.8) is 0 Å². The number of carbonyl (C=O) groups is 2. The lowest BCUT2D eigenvalue weighted by molar-refractivity contribution is -0.145. The SMILES string of the molecule is CCOC(=O)CN(CCOC)CC(=O)N1CCN(c2ncccn2)CC1. The zero-order chi connectivity index (χ0) is 18.8. The third-order valence-corrected chi connectivity index (χ3v) is 4.10. The van der Waals surface area contributed by atoms with Crippen LogP contribution in [0.1, 0.15) is 6.92 Å². The summed E-state index contributed by atoms with van der Waals surface area (Å²) in [6, 6.07) is 1.78. The summed E-state index contributed by atoms with van der Waals surface area (Å²) in [6.07, 6.45) is 3.42. The van der Waals surface area contributed by atoms with Crippen molar-refractivity contribution < 1.29 is 19.1 Å². The highest BCUT2D eigenvalue weighted by Gasteiger charge is 2.24. The first-order chi connectivity index (χ1) is 12.6. The first kappa shape index (κ1) is 20.1. The molecule has 2 rings (SSSR count). The number of carbonyl (C=O) groups excluding carboxylic acids is 2. The number of nitrogens with zero attached hydrogens (tertiary/aromatic N) is 5. The average Bonchev–Trinajstić information content (AvgIpc) is 2.67. The molecule has 0 aliphatic carbocycles. The van der Waals surface area contributed by atoms with Gasteiger partial charge < -0.3 is 19.3 Å². The van der Waals surface area contributed by atoms with Crippen LogP contribution in [0.4, 0.5) is 5.95 Å². The van der Waals surface area contributed by atoms with Gasteiger partial charge in [0.05, 0.1) is 26.3 Å². The van der Waals surface area contributed by atoms with Gasteiger partial charge in [-0.2, -0.15) is 0 Å². The third-order valence-electron chi connectivity index (χ3n) is 4.10. The zero-order valence-corrected chi connectivity index (χ0v) is 15.5. The maximum absolute atomic E-state index is 12.6. The van der Waals surface area contributed by atoms with E-state index in [0.29, 0.717) is 51.9 Å². The molecule has 1 aromatic rings. The van der Waals surface area contributed by atoms with E-state index in [0.717, 1.165) is 0 Å². The van der Waals surface area contributed by atoms with Gasteiger partial charge in [-0.05, 0) is 13.0 Å². The van der Waals surface area contributed by atoms with E-state index in [-0.39, 0.29) is 25.0 Å². The van der Waals surface area contributed by atoms with E-state index < -0.39 is 0 Å². The van der Waals surface area contributed by atoms with E-state index in [1.807, 2.05) is 4.90 Å². The van der Waals surface area contributed by atoms with Crippen LogP contribution in [-0.4, -0.2) is 97.8 Å². The number of aromatic nitrogens is 2. The normalized spacial score (nSPS) is 14.6. The number of anilines is 1. The van der Waals surface area contributed by atoms with E-state index in [1.54, 1.807) is 37.4 Å². The van der Waals surface area contributed by atoms with Crippen LogP contribution in [-0.2, 0) is 19.1 Å². The van der Waals surface area contributed by atoms with Crippen molar-refractivity contribution in [1.82, 2.24) is 19.8 Å². The summed E-state index contributed by atoms with van der Waals surface area (Å²) in [5.41, 5.74) is 0. The summed E-state index contributed by atoms with van der Waals surface area (Å²) in [5.74, 6) is 0.352. The zero-order valence-electron chi connectivity index (χ0n) is 15.5. The minimum atomic E-state index is -0.331. The van der Waals surface area contributed by atoms with Crippen LogP contribution < -0.4 is 4.90 Å². The second-order valence-electron chi connectivity index (χ2n) is 5.93. The van der Waals surface area contributed by atoms with Crippen LogP contribution in [0, 0.1) is 0 Å². The number of hydrogen-bond donors (Lipinski definition) is 0. The second kappa shape index (κ2) is 10.7. The molecule has 0 atom stereocenters. The van der Waals surface area contributed by atoms with Gasteiger partial charge in [-0.25, -0.2) is 9.97 Å². The summed E-state index contributed by atoms with van der Waals surface area (Å²) in [7, 11) is 1.59. The van der Waals surface area contributed by atoms with Crippen molar-refractivity contribution in [2.45, 2.75) is 6.92 Å². The fraction of sp³-hybridized carbons (Fsp3) is 0.647. The summed E-state index contributed by atoms with van der Waals surface area (Å²) in [4.78, 5) is 38.4. The van der Waals surface area contributed by atoms with Crippen LogP contribution in [0.15, 0.2) is 18.5 Å². The molecule has 0 radical (unpaired) electrons. The predicted molar refractivity (Wildman–Crippen MR) is 95.8 cm³/mol. The molecule has 1 fully saturated rings. The molecule has 1 aliphatic heterocycles. The van der Waals surface area contributed by atoms with Crippen LogP contribution in [0.5, 0.6) is 0 Å². The molecule has 0 aromatic carbocycles. The van der Waals surface area contributed by atoms with Crippen molar-refractivity contribution >= 4 is 17.8 Å². The van der Waals surface area contributed by atoms with Gasteiger partial charge in [0.25, 0.3) is 0 Å². The summed E-state index contributed by atoms with van der Waals surface area (Å²) >= 11 is 0. The molecule has 0 spiro atoms. The standard InChI is InChI=1S/C17H27N5O4/c1-3-26-16(24)14-20(11-12-25-2)13-15(23)21-7-9-22(10-8-21)17-18-5-4-6-19-17/h4-6H,3,7-14H2,1-2H3. The highest BCUT2D eigenvalue weighted by atomic mass is 16.5. The lowest BCUT2D eigenvalue weighted by Gasteiger charge is -2.35. The molecule has 1 amide bonds. The molecule has 0 saturated carbocycles. The Kier molecular flexibility index (Phi) is 8.23. The number of piperazine rings is 1. The topological polar surface area (TPSA) is 88.1 Å². The van der Waals surface area contributed by atoms with Gasteiger partial charge in [-0.15, -0.1) is 0 Å². The van der Waals surface area contributed by atoms with Crippen molar-refractivity contribution in [3.05, 3.63) is 18.5 Å². The number of hydrogen-bond acceptors (Lipinski definition) is 8. The maximum atomic E-state index is 12.6. The Hall–Kier alpha value is -2.26. The summed E-state index contributed by atoms with van der Waals surface area (Å²) in [5, 5.41) is 0. The molecule has 0 bridgehead atoms. The van der Waals surface area contributed by atoms with Gasteiger partial charge in [0.1, 0.15) is 0 Å². The lowest BCUT2D eigenvalue weighted by Crippen LogP contribution is -2.52. The molecule has 9 nitrogen and oxygen atoms in total. The number of methoxy groups -OCH3 is 1. The van der Waals surface area contributed by atoms with Crippen LogP contribution in [0.3, 0.4) is 0 Å². The summed E-state index contributed by atoms with van der Waals surface area (Å²) in [6.45, 7) is 5.88. The lowest BCUT2D eigenvalue weighted by atomic mass is 10.3. The van der Waals surface area contributed by atoms with E-state index in [9.17, 15) is 9.59 Å². The molecule has 0 N–H and O–H groups in total. The second-order valence-corrected chi connectivity index (χ2v) is 5.93. The van der Waals surface area contributed by atoms with Gasteiger partial charge in [-0.1, -0.05) is 0 Å². The molecule has 0 unspecified atom stereocenters. The minimum Gasteiger partial charge on any atom is -0.465 e. The molecule has 144 valence electrons. The van der Waals surface area contributed by atoms with E-state index >= 15 is 0 Å². The molecule has 2 heterocycles. The molecule has 1 aliphatic rings. The first-order valence-corrected chi connectivity index (χ1v) is 8.80. The van der Waals surface area contributed by atoms with E-state index in [2.05, 4.69) is 14.9 Å². The van der Waals surface area contributed by atoms with Crippen molar-refractivity contribution in [1.29, 1.82) is 0 Å². The number of rotatable bonds is 9. The Labute approximate surface area is 153 Å². The molecule has 1 aromatic heterocycles. The Morgan fingerprint density at radius 1 is 1.15 bits per heavy atom. The first-order valence-electron chi connectivity index (χ1n) is 8.80. The van der Waals surface area contributed by atoms with Gasteiger partial charge in [0.2, 0.25) is 11.9 Å². The van der Waals surface area contributed by atoms with Crippen molar-refractivity contribution in [2.24, 2.45) is 0 Å². The quantitative estimate of drug-likeness (QED) is 0.548. The molecule has 26 heavy (non-hydrogen) atoms. The van der Waals surface area contributed by atoms with E-state index in [4.69, 9.17) is 9.47 Å². The number of amides is 1. The monoisotopic (exact) mass is 365 g/mol. The molecule has 1 saturated heterocycles. The van der Waals surface area contributed by atoms with Crippen LogP contribution in [0.2, 0.25) is 0 Å². The molecular formula is C17H27N5O4. The van der Waals surface area contributed by atoms with E-state index in [1.165, 1.54) is 0 Å². The average molecular weight is 365 g/mol. The Bertz CT molecular complexity index is 564. The van der Waals surface area contributed by atoms with Crippen LogP contribution >= 0.6 is 0 Å².